The number of aromatic nitrogens is 1. The van der Waals surface area contributed by atoms with E-state index in [2.05, 4.69) is 15.0 Å². The van der Waals surface area contributed by atoms with Gasteiger partial charge in [-0.1, -0.05) is 0 Å². The number of anilines is 1. The second-order valence-electron chi connectivity index (χ2n) is 2.90. The number of hydrogen-bond acceptors (Lipinski definition) is 6. The van der Waals surface area contributed by atoms with E-state index in [-0.39, 0.29) is 24.7 Å². The van der Waals surface area contributed by atoms with Crippen molar-refractivity contribution in [1.82, 2.24) is 4.98 Å². The van der Waals surface area contributed by atoms with Crippen LogP contribution in [0.15, 0.2) is 18.3 Å². The lowest BCUT2D eigenvalue weighted by Crippen LogP contribution is -2.13. The largest absolute Gasteiger partial charge is 0.464 e. The molecule has 0 aliphatic carbocycles. The van der Waals surface area contributed by atoms with Crippen molar-refractivity contribution in [3.63, 3.8) is 0 Å². The lowest BCUT2D eigenvalue weighted by atomic mass is 10.4. The lowest BCUT2D eigenvalue weighted by molar-refractivity contribution is -0.384. The van der Waals surface area contributed by atoms with Crippen LogP contribution >= 0.6 is 0 Å². The molecule has 0 amide bonds. The maximum Gasteiger partial charge on any atom is 0.311 e. The fourth-order valence-electron chi connectivity index (χ4n) is 1.04. The van der Waals surface area contributed by atoms with Crippen molar-refractivity contribution in [1.29, 1.82) is 0 Å². The van der Waals surface area contributed by atoms with Gasteiger partial charge in [0.1, 0.15) is 6.61 Å². The highest BCUT2D eigenvalue weighted by molar-refractivity contribution is 5.65. The molecule has 1 aromatic rings. The van der Waals surface area contributed by atoms with E-state index < -0.39 is 10.9 Å². The van der Waals surface area contributed by atoms with E-state index in [1.165, 1.54) is 25.3 Å². The van der Waals surface area contributed by atoms with Gasteiger partial charge in [0, 0.05) is 19.2 Å². The van der Waals surface area contributed by atoms with E-state index in [0.29, 0.717) is 0 Å². The number of pyridine rings is 1. The van der Waals surface area contributed by atoms with Crippen molar-refractivity contribution in [2.45, 2.75) is 6.92 Å². The Labute approximate surface area is 91.6 Å². The summed E-state index contributed by atoms with van der Waals surface area (Å²) >= 11 is 0. The summed E-state index contributed by atoms with van der Waals surface area (Å²) in [4.78, 5) is 24.4. The third-order valence-corrected chi connectivity index (χ3v) is 1.68. The van der Waals surface area contributed by atoms with E-state index in [1.54, 1.807) is 0 Å². The normalized spacial score (nSPS) is 9.56. The zero-order valence-electron chi connectivity index (χ0n) is 8.67. The number of nitrogens with one attached hydrogen (secondary N) is 1. The van der Waals surface area contributed by atoms with Gasteiger partial charge in [0.2, 0.25) is 5.82 Å². The predicted molar refractivity (Wildman–Crippen MR) is 56.0 cm³/mol. The third-order valence-electron chi connectivity index (χ3n) is 1.68. The molecule has 0 unspecified atom stereocenters. The number of carbonyl (C=O) groups excluding carboxylic acids is 1. The number of esters is 1. The molecule has 0 saturated heterocycles. The summed E-state index contributed by atoms with van der Waals surface area (Å²) in [6.07, 6.45) is 1.45. The summed E-state index contributed by atoms with van der Waals surface area (Å²) in [5.41, 5.74) is -0.106. The SMILES string of the molecule is CC(=O)OCCNc1ncccc1[N+](=O)[O-]. The first-order valence-corrected chi connectivity index (χ1v) is 4.58. The Morgan fingerprint density at radius 3 is 3.06 bits per heavy atom. The fraction of sp³-hybridized carbons (Fsp3) is 0.333. The topological polar surface area (TPSA) is 94.4 Å². The number of nitro groups is 1. The Kier molecular flexibility index (Phi) is 4.19. The smallest absolute Gasteiger partial charge is 0.311 e. The van der Waals surface area contributed by atoms with Gasteiger partial charge in [0.15, 0.2) is 0 Å². The van der Waals surface area contributed by atoms with Crippen LogP contribution in [0.5, 0.6) is 0 Å². The number of rotatable bonds is 5. The Morgan fingerprint density at radius 2 is 2.44 bits per heavy atom. The Bertz CT molecular complexity index is 394. The van der Waals surface area contributed by atoms with Crippen LogP contribution in [0.25, 0.3) is 0 Å². The molecule has 1 heterocycles. The molecule has 16 heavy (non-hydrogen) atoms. The van der Waals surface area contributed by atoms with Gasteiger partial charge in [-0.3, -0.25) is 14.9 Å². The molecule has 7 heteroatoms. The average Bonchev–Trinajstić information content (AvgIpc) is 2.24. The van der Waals surface area contributed by atoms with Gasteiger partial charge in [-0.15, -0.1) is 0 Å². The van der Waals surface area contributed by atoms with Crippen LogP contribution in [-0.2, 0) is 9.53 Å². The number of carbonyl (C=O) groups is 1. The first-order chi connectivity index (χ1) is 7.61. The molecule has 1 N–H and O–H groups in total. The second-order valence-corrected chi connectivity index (χ2v) is 2.90. The minimum atomic E-state index is -0.527. The molecule has 0 spiro atoms. The summed E-state index contributed by atoms with van der Waals surface area (Å²) in [5.74, 6) is -0.225. The van der Waals surface area contributed by atoms with Crippen molar-refractivity contribution in [2.24, 2.45) is 0 Å². The quantitative estimate of drug-likeness (QED) is 0.347. The molecule has 0 saturated carbocycles. The molecule has 0 aliphatic rings. The predicted octanol–water partition coefficient (Wildman–Crippen LogP) is 0.965. The summed E-state index contributed by atoms with van der Waals surface area (Å²) in [6.45, 7) is 1.71. The summed E-state index contributed by atoms with van der Waals surface area (Å²) in [5, 5.41) is 13.3. The minimum absolute atomic E-state index is 0.106. The molecule has 0 aliphatic heterocycles. The van der Waals surface area contributed by atoms with Crippen LogP contribution in [0, 0.1) is 10.1 Å². The number of nitrogens with zero attached hydrogens (tertiary/aromatic N) is 2. The van der Waals surface area contributed by atoms with Crippen molar-refractivity contribution >= 4 is 17.5 Å². The number of ether oxygens (including phenoxy) is 1. The fourth-order valence-corrected chi connectivity index (χ4v) is 1.04. The first kappa shape index (κ1) is 11.9. The van der Waals surface area contributed by atoms with E-state index in [0.717, 1.165) is 0 Å². The highest BCUT2D eigenvalue weighted by Crippen LogP contribution is 2.19. The summed E-state index contributed by atoms with van der Waals surface area (Å²) < 4.78 is 4.66. The third kappa shape index (κ3) is 3.52. The maximum absolute atomic E-state index is 10.6. The van der Waals surface area contributed by atoms with Gasteiger partial charge >= 0.3 is 11.7 Å². The molecule has 7 nitrogen and oxygen atoms in total. The van der Waals surface area contributed by atoms with E-state index in [4.69, 9.17) is 0 Å². The monoisotopic (exact) mass is 225 g/mol. The van der Waals surface area contributed by atoms with Crippen molar-refractivity contribution in [3.8, 4) is 0 Å². The lowest BCUT2D eigenvalue weighted by Gasteiger charge is -2.05. The molecule has 0 bridgehead atoms. The second kappa shape index (κ2) is 5.64. The van der Waals surface area contributed by atoms with Crippen LogP contribution in [0.4, 0.5) is 11.5 Å². The van der Waals surface area contributed by atoms with Gasteiger partial charge in [-0.2, -0.15) is 0 Å². The standard InChI is InChI=1S/C9H11N3O4/c1-7(13)16-6-5-11-9-8(12(14)15)3-2-4-10-9/h2-4H,5-6H2,1H3,(H,10,11). The van der Waals surface area contributed by atoms with E-state index >= 15 is 0 Å². The van der Waals surface area contributed by atoms with Gasteiger partial charge in [0.25, 0.3) is 0 Å². The Balaban J connectivity index is 2.53. The van der Waals surface area contributed by atoms with Crippen LogP contribution in [0.1, 0.15) is 6.92 Å². The molecule has 1 aromatic heterocycles. The van der Waals surface area contributed by atoms with Crippen LogP contribution in [-0.4, -0.2) is 29.0 Å². The highest BCUT2D eigenvalue weighted by atomic mass is 16.6. The van der Waals surface area contributed by atoms with Crippen LogP contribution < -0.4 is 5.32 Å². The van der Waals surface area contributed by atoms with Crippen molar-refractivity contribution in [3.05, 3.63) is 28.4 Å². The van der Waals surface area contributed by atoms with Crippen LogP contribution in [0.2, 0.25) is 0 Å². The van der Waals surface area contributed by atoms with Crippen molar-refractivity contribution in [2.75, 3.05) is 18.5 Å². The molecule has 0 atom stereocenters. The molecule has 0 aromatic carbocycles. The first-order valence-electron chi connectivity index (χ1n) is 4.58. The zero-order chi connectivity index (χ0) is 12.0. The number of hydrogen-bond donors (Lipinski definition) is 1. The van der Waals surface area contributed by atoms with Crippen molar-refractivity contribution < 1.29 is 14.5 Å². The molecule has 0 fully saturated rings. The average molecular weight is 225 g/mol. The van der Waals surface area contributed by atoms with Gasteiger partial charge in [-0.25, -0.2) is 4.98 Å². The molecule has 86 valence electrons. The molecule has 1 rings (SSSR count). The van der Waals surface area contributed by atoms with Crippen LogP contribution in [0.3, 0.4) is 0 Å². The van der Waals surface area contributed by atoms with Gasteiger partial charge in [-0.05, 0) is 6.07 Å². The minimum Gasteiger partial charge on any atom is -0.464 e. The van der Waals surface area contributed by atoms with Gasteiger partial charge in [0.05, 0.1) is 11.5 Å². The Hall–Kier alpha value is -2.18. The molecular formula is C9H11N3O4. The Morgan fingerprint density at radius 1 is 1.69 bits per heavy atom. The summed E-state index contributed by atoms with van der Waals surface area (Å²) in [6, 6.07) is 2.83. The summed E-state index contributed by atoms with van der Waals surface area (Å²) in [7, 11) is 0. The highest BCUT2D eigenvalue weighted by Gasteiger charge is 2.12. The zero-order valence-corrected chi connectivity index (χ0v) is 8.67. The van der Waals surface area contributed by atoms with Gasteiger partial charge < -0.3 is 10.1 Å². The van der Waals surface area contributed by atoms with E-state index in [9.17, 15) is 14.9 Å². The van der Waals surface area contributed by atoms with E-state index in [1.807, 2.05) is 0 Å². The maximum atomic E-state index is 10.6. The molecular weight excluding hydrogens is 214 g/mol. The molecule has 0 radical (unpaired) electrons.